The summed E-state index contributed by atoms with van der Waals surface area (Å²) in [6.45, 7) is 2.34. The zero-order chi connectivity index (χ0) is 15.9. The Balaban J connectivity index is 2.42. The molecule has 0 heterocycles. The van der Waals surface area contributed by atoms with Crippen LogP contribution in [0.2, 0.25) is 5.02 Å². The third-order valence-corrected chi connectivity index (χ3v) is 3.74. The number of carbonyl (C=O) groups excluding carboxylic acids is 1. The van der Waals surface area contributed by atoms with E-state index in [4.69, 9.17) is 11.6 Å². The van der Waals surface area contributed by atoms with Crippen LogP contribution in [0, 0.1) is 0 Å². The summed E-state index contributed by atoms with van der Waals surface area (Å²) in [6.07, 6.45) is 1.80. The highest BCUT2D eigenvalue weighted by molar-refractivity contribution is 7.88. The number of halogens is 1. The first-order valence-corrected chi connectivity index (χ1v) is 8.83. The lowest BCUT2D eigenvalue weighted by molar-refractivity contribution is 0.237. The van der Waals surface area contributed by atoms with E-state index in [2.05, 4.69) is 15.4 Å². The molecule has 118 valence electrons. The predicted octanol–water partition coefficient (Wildman–Crippen LogP) is 1.64. The maximum atomic E-state index is 11.8. The topological polar surface area (TPSA) is 87.3 Å². The van der Waals surface area contributed by atoms with Gasteiger partial charge in [0.1, 0.15) is 0 Å². The fraction of sp³-hybridized carbons (Fsp3) is 0.462. The Labute approximate surface area is 130 Å². The number of sulfonamides is 1. The van der Waals surface area contributed by atoms with E-state index in [0.29, 0.717) is 5.02 Å². The van der Waals surface area contributed by atoms with Crippen molar-refractivity contribution in [2.75, 3.05) is 19.3 Å². The van der Waals surface area contributed by atoms with E-state index in [1.165, 1.54) is 0 Å². The summed E-state index contributed by atoms with van der Waals surface area (Å²) >= 11 is 5.83. The molecule has 1 rings (SSSR count). The Morgan fingerprint density at radius 3 is 2.38 bits per heavy atom. The second-order valence-electron chi connectivity index (χ2n) is 4.58. The van der Waals surface area contributed by atoms with E-state index in [9.17, 15) is 13.2 Å². The molecule has 2 amide bonds. The van der Waals surface area contributed by atoms with Gasteiger partial charge in [-0.15, -0.1) is 0 Å². The lowest BCUT2D eigenvalue weighted by Crippen LogP contribution is -2.41. The smallest absolute Gasteiger partial charge is 0.315 e. The van der Waals surface area contributed by atoms with E-state index in [-0.39, 0.29) is 25.2 Å². The van der Waals surface area contributed by atoms with Crippen molar-refractivity contribution in [1.82, 2.24) is 15.4 Å². The minimum Gasteiger partial charge on any atom is -0.337 e. The number of benzene rings is 1. The van der Waals surface area contributed by atoms with Crippen LogP contribution in [0.3, 0.4) is 0 Å². The molecule has 1 aromatic carbocycles. The summed E-state index contributed by atoms with van der Waals surface area (Å²) in [7, 11) is -3.23. The van der Waals surface area contributed by atoms with Gasteiger partial charge >= 0.3 is 6.03 Å². The molecule has 0 aliphatic rings. The molecule has 1 atom stereocenters. The Hall–Kier alpha value is -1.31. The number of carbonyl (C=O) groups is 1. The van der Waals surface area contributed by atoms with E-state index in [1.807, 2.05) is 19.1 Å². The summed E-state index contributed by atoms with van der Waals surface area (Å²) in [5.74, 6) is 0. The number of hydrogen-bond donors (Lipinski definition) is 3. The first-order chi connectivity index (χ1) is 9.81. The molecule has 1 aromatic rings. The standard InChI is InChI=1S/C13H20ClN3O3S/c1-3-12(10-4-6-11(14)7-5-10)17-13(18)15-8-9-16-21(2,19)20/h4-7,12,16H,3,8-9H2,1-2H3,(H2,15,17,18). The second kappa shape index (κ2) is 8.21. The molecule has 0 saturated heterocycles. The monoisotopic (exact) mass is 333 g/mol. The van der Waals surface area contributed by atoms with Gasteiger partial charge in [-0.25, -0.2) is 17.9 Å². The van der Waals surface area contributed by atoms with E-state index in [1.54, 1.807) is 12.1 Å². The second-order valence-corrected chi connectivity index (χ2v) is 6.85. The van der Waals surface area contributed by atoms with Gasteiger partial charge in [0.15, 0.2) is 0 Å². The summed E-state index contributed by atoms with van der Waals surface area (Å²) < 4.78 is 24.0. The number of amides is 2. The van der Waals surface area contributed by atoms with Crippen LogP contribution in [0.5, 0.6) is 0 Å². The Kier molecular flexibility index (Phi) is 6.94. The Morgan fingerprint density at radius 2 is 1.86 bits per heavy atom. The van der Waals surface area contributed by atoms with Crippen LogP contribution in [-0.2, 0) is 10.0 Å². The molecule has 0 radical (unpaired) electrons. The third-order valence-electron chi connectivity index (χ3n) is 2.76. The minimum atomic E-state index is -3.23. The van der Waals surface area contributed by atoms with Gasteiger partial charge in [-0.05, 0) is 24.1 Å². The molecule has 0 aromatic heterocycles. The number of rotatable bonds is 7. The van der Waals surface area contributed by atoms with Crippen LogP contribution in [0.1, 0.15) is 24.9 Å². The van der Waals surface area contributed by atoms with Gasteiger partial charge in [0, 0.05) is 18.1 Å². The largest absolute Gasteiger partial charge is 0.337 e. The number of nitrogens with one attached hydrogen (secondary N) is 3. The maximum absolute atomic E-state index is 11.8. The van der Waals surface area contributed by atoms with E-state index >= 15 is 0 Å². The van der Waals surface area contributed by atoms with Crippen molar-refractivity contribution < 1.29 is 13.2 Å². The zero-order valence-corrected chi connectivity index (χ0v) is 13.6. The average Bonchev–Trinajstić information content (AvgIpc) is 2.41. The fourth-order valence-electron chi connectivity index (χ4n) is 1.74. The quantitative estimate of drug-likeness (QED) is 0.663. The van der Waals surface area contributed by atoms with Crippen LogP contribution in [0.4, 0.5) is 4.79 Å². The van der Waals surface area contributed by atoms with Crippen LogP contribution >= 0.6 is 11.6 Å². The van der Waals surface area contributed by atoms with Crippen LogP contribution in [-0.4, -0.2) is 33.8 Å². The third kappa shape index (κ3) is 7.31. The summed E-state index contributed by atoms with van der Waals surface area (Å²) in [4.78, 5) is 11.8. The molecule has 0 aliphatic heterocycles. The zero-order valence-electron chi connectivity index (χ0n) is 12.0. The molecule has 3 N–H and O–H groups in total. The lowest BCUT2D eigenvalue weighted by atomic mass is 10.1. The van der Waals surface area contributed by atoms with Gasteiger partial charge in [0.2, 0.25) is 10.0 Å². The summed E-state index contributed by atoms with van der Waals surface area (Å²) in [6, 6.07) is 6.81. The predicted molar refractivity (Wildman–Crippen MR) is 83.9 cm³/mol. The van der Waals surface area contributed by atoms with Crippen molar-refractivity contribution in [2.45, 2.75) is 19.4 Å². The van der Waals surface area contributed by atoms with Crippen molar-refractivity contribution in [2.24, 2.45) is 0 Å². The van der Waals surface area contributed by atoms with Crippen LogP contribution in [0.25, 0.3) is 0 Å². The average molecular weight is 334 g/mol. The van der Waals surface area contributed by atoms with Crippen molar-refractivity contribution in [3.05, 3.63) is 34.9 Å². The highest BCUT2D eigenvalue weighted by atomic mass is 35.5. The van der Waals surface area contributed by atoms with E-state index < -0.39 is 10.0 Å². The van der Waals surface area contributed by atoms with Gasteiger partial charge in [0.05, 0.1) is 12.3 Å². The normalized spacial score (nSPS) is 12.7. The maximum Gasteiger partial charge on any atom is 0.315 e. The molecule has 8 heteroatoms. The molecular formula is C13H20ClN3O3S. The van der Waals surface area contributed by atoms with Gasteiger partial charge in [-0.1, -0.05) is 30.7 Å². The first-order valence-electron chi connectivity index (χ1n) is 6.56. The van der Waals surface area contributed by atoms with Gasteiger partial charge in [-0.2, -0.15) is 0 Å². The molecule has 0 aliphatic carbocycles. The highest BCUT2D eigenvalue weighted by Crippen LogP contribution is 2.18. The molecule has 1 unspecified atom stereocenters. The van der Waals surface area contributed by atoms with Crippen molar-refractivity contribution >= 4 is 27.7 Å². The molecular weight excluding hydrogens is 314 g/mol. The van der Waals surface area contributed by atoms with Crippen molar-refractivity contribution in [3.63, 3.8) is 0 Å². The van der Waals surface area contributed by atoms with Gasteiger partial charge in [0.25, 0.3) is 0 Å². The van der Waals surface area contributed by atoms with E-state index in [0.717, 1.165) is 18.2 Å². The number of hydrogen-bond acceptors (Lipinski definition) is 3. The lowest BCUT2D eigenvalue weighted by Gasteiger charge is -2.18. The molecule has 0 saturated carbocycles. The molecule has 6 nitrogen and oxygen atoms in total. The highest BCUT2D eigenvalue weighted by Gasteiger charge is 2.12. The van der Waals surface area contributed by atoms with Gasteiger partial charge < -0.3 is 10.6 Å². The van der Waals surface area contributed by atoms with Crippen molar-refractivity contribution in [3.8, 4) is 0 Å². The molecule has 21 heavy (non-hydrogen) atoms. The van der Waals surface area contributed by atoms with Crippen molar-refractivity contribution in [1.29, 1.82) is 0 Å². The molecule has 0 bridgehead atoms. The fourth-order valence-corrected chi connectivity index (χ4v) is 2.34. The molecule has 0 fully saturated rings. The summed E-state index contributed by atoms with van der Waals surface area (Å²) in [5, 5.41) is 6.07. The van der Waals surface area contributed by atoms with Crippen LogP contribution < -0.4 is 15.4 Å². The first kappa shape index (κ1) is 17.7. The number of urea groups is 1. The van der Waals surface area contributed by atoms with Gasteiger partial charge in [-0.3, -0.25) is 0 Å². The minimum absolute atomic E-state index is 0.120. The summed E-state index contributed by atoms with van der Waals surface area (Å²) in [5.41, 5.74) is 0.964. The SMILES string of the molecule is CCC(NC(=O)NCCNS(C)(=O)=O)c1ccc(Cl)cc1. The Bertz CT molecular complexity index is 561. The van der Waals surface area contributed by atoms with Crippen LogP contribution in [0.15, 0.2) is 24.3 Å². The Morgan fingerprint density at radius 1 is 1.24 bits per heavy atom. The molecule has 0 spiro atoms.